The van der Waals surface area contributed by atoms with Crippen molar-refractivity contribution in [2.24, 2.45) is 0 Å². The molecule has 31 heavy (non-hydrogen) atoms. The fraction of sp³-hybridized carbons (Fsp3) is 0.286. The molecule has 0 fully saturated rings. The molecule has 3 aromatic rings. The van der Waals surface area contributed by atoms with E-state index in [0.717, 1.165) is 22.5 Å². The van der Waals surface area contributed by atoms with E-state index in [1.165, 1.54) is 6.20 Å². The number of nitrogens with zero attached hydrogens (tertiary/aromatic N) is 5. The van der Waals surface area contributed by atoms with Crippen molar-refractivity contribution in [2.75, 3.05) is 6.54 Å². The minimum absolute atomic E-state index is 0.159. The summed E-state index contributed by atoms with van der Waals surface area (Å²) in [5.74, 6) is 0.627. The Balaban J connectivity index is 1.42. The summed E-state index contributed by atoms with van der Waals surface area (Å²) in [6, 6.07) is 4.97. The van der Waals surface area contributed by atoms with Crippen molar-refractivity contribution in [2.45, 2.75) is 32.4 Å². The number of benzene rings is 1. The lowest BCUT2D eigenvalue weighted by molar-refractivity contribution is 0.188. The van der Waals surface area contributed by atoms with Gasteiger partial charge in [-0.2, -0.15) is 0 Å². The molecular weight excluding hydrogens is 459 g/mol. The minimum atomic E-state index is -0.215. The number of hydrogen-bond donors (Lipinski definition) is 1. The number of hydrogen-bond acceptors (Lipinski definition) is 5. The number of nitrogens with one attached hydrogen (secondary N) is 1. The normalized spacial score (nSPS) is 14.1. The Labute approximate surface area is 194 Å². The standard InChI is InChI=1S/C21H19Cl3N6O/c1-12(13-2-3-16(22)17(23)6-13)28-21(31)30-5-4-14-8-27-20(29-18(14)11-30)7-15-9-26-19(24)10-25-15/h2-3,6,8-10,12H,4-5,7,11H2,1H3,(H,28,31)/t12-/m1/s1. The Hall–Kier alpha value is -2.48. The molecule has 160 valence electrons. The van der Waals surface area contributed by atoms with Crippen LogP contribution < -0.4 is 5.32 Å². The Kier molecular flexibility index (Phi) is 6.55. The third-order valence-electron chi connectivity index (χ3n) is 5.08. The third kappa shape index (κ3) is 5.23. The van der Waals surface area contributed by atoms with E-state index in [2.05, 4.69) is 25.3 Å². The van der Waals surface area contributed by atoms with Crippen molar-refractivity contribution < 1.29 is 4.79 Å². The Bertz CT molecular complexity index is 1110. The first kappa shape index (κ1) is 21.7. The number of rotatable bonds is 4. The fourth-order valence-electron chi connectivity index (χ4n) is 3.34. The molecule has 0 radical (unpaired) electrons. The Morgan fingerprint density at radius 2 is 1.97 bits per heavy atom. The molecule has 4 rings (SSSR count). The zero-order valence-corrected chi connectivity index (χ0v) is 18.9. The number of fused-ring (bicyclic) bond motifs is 1. The second-order valence-corrected chi connectivity index (χ2v) is 8.48. The zero-order valence-electron chi connectivity index (χ0n) is 16.6. The van der Waals surface area contributed by atoms with Gasteiger partial charge in [0.25, 0.3) is 0 Å². The van der Waals surface area contributed by atoms with Crippen LogP contribution in [-0.2, 0) is 19.4 Å². The topological polar surface area (TPSA) is 83.9 Å². The van der Waals surface area contributed by atoms with Gasteiger partial charge in [-0.15, -0.1) is 0 Å². The molecule has 1 aliphatic heterocycles. The van der Waals surface area contributed by atoms with Gasteiger partial charge in [0.2, 0.25) is 0 Å². The van der Waals surface area contributed by atoms with Gasteiger partial charge in [-0.25, -0.2) is 19.7 Å². The lowest BCUT2D eigenvalue weighted by Gasteiger charge is -2.29. The lowest BCUT2D eigenvalue weighted by atomic mass is 10.1. The first-order chi connectivity index (χ1) is 14.9. The van der Waals surface area contributed by atoms with E-state index in [1.54, 1.807) is 23.2 Å². The van der Waals surface area contributed by atoms with Gasteiger partial charge in [-0.1, -0.05) is 40.9 Å². The fourth-order valence-corrected chi connectivity index (χ4v) is 3.74. The van der Waals surface area contributed by atoms with Gasteiger partial charge in [0.1, 0.15) is 11.0 Å². The van der Waals surface area contributed by atoms with Gasteiger partial charge in [-0.05, 0) is 36.6 Å². The van der Waals surface area contributed by atoms with Gasteiger partial charge >= 0.3 is 6.03 Å². The molecule has 0 saturated heterocycles. The van der Waals surface area contributed by atoms with E-state index < -0.39 is 0 Å². The van der Waals surface area contributed by atoms with Gasteiger partial charge < -0.3 is 10.2 Å². The van der Waals surface area contributed by atoms with E-state index in [0.29, 0.717) is 47.0 Å². The van der Waals surface area contributed by atoms with Crippen LogP contribution in [0, 0.1) is 0 Å². The molecule has 1 aromatic carbocycles. The molecule has 1 aliphatic rings. The molecule has 2 amide bonds. The average molecular weight is 478 g/mol. The first-order valence-electron chi connectivity index (χ1n) is 9.69. The van der Waals surface area contributed by atoms with Gasteiger partial charge in [-0.3, -0.25) is 4.98 Å². The largest absolute Gasteiger partial charge is 0.331 e. The highest BCUT2D eigenvalue weighted by molar-refractivity contribution is 6.42. The van der Waals surface area contributed by atoms with Crippen molar-refractivity contribution in [1.29, 1.82) is 0 Å². The maximum absolute atomic E-state index is 12.8. The van der Waals surface area contributed by atoms with Gasteiger partial charge in [0, 0.05) is 12.7 Å². The van der Waals surface area contributed by atoms with Gasteiger partial charge in [0.15, 0.2) is 0 Å². The second kappa shape index (κ2) is 9.34. The molecule has 3 heterocycles. The van der Waals surface area contributed by atoms with Crippen LogP contribution in [-0.4, -0.2) is 37.4 Å². The van der Waals surface area contributed by atoms with E-state index in [9.17, 15) is 4.79 Å². The summed E-state index contributed by atoms with van der Waals surface area (Å²) in [7, 11) is 0. The van der Waals surface area contributed by atoms with Crippen LogP contribution in [0.1, 0.15) is 41.3 Å². The number of halogens is 3. The first-order valence-corrected chi connectivity index (χ1v) is 10.8. The highest BCUT2D eigenvalue weighted by Gasteiger charge is 2.24. The highest BCUT2D eigenvalue weighted by atomic mass is 35.5. The zero-order chi connectivity index (χ0) is 22.0. The van der Waals surface area contributed by atoms with E-state index >= 15 is 0 Å². The molecule has 0 aliphatic carbocycles. The highest BCUT2D eigenvalue weighted by Crippen LogP contribution is 2.26. The minimum Gasteiger partial charge on any atom is -0.331 e. The SMILES string of the molecule is C[C@@H](NC(=O)N1CCc2cnc(Cc3cnc(Cl)cn3)nc2C1)c1ccc(Cl)c(Cl)c1. The summed E-state index contributed by atoms with van der Waals surface area (Å²) in [5, 5.41) is 4.30. The van der Waals surface area contributed by atoms with Crippen molar-refractivity contribution in [3.8, 4) is 0 Å². The predicted molar refractivity (Wildman–Crippen MR) is 119 cm³/mol. The molecule has 0 saturated carbocycles. The van der Waals surface area contributed by atoms with Crippen molar-refractivity contribution in [3.63, 3.8) is 0 Å². The smallest absolute Gasteiger partial charge is 0.318 e. The molecule has 1 atom stereocenters. The average Bonchev–Trinajstić information content (AvgIpc) is 2.76. The molecule has 7 nitrogen and oxygen atoms in total. The van der Waals surface area contributed by atoms with Crippen molar-refractivity contribution in [3.05, 3.63) is 80.3 Å². The van der Waals surface area contributed by atoms with Crippen molar-refractivity contribution >= 4 is 40.8 Å². The summed E-state index contributed by atoms with van der Waals surface area (Å²) >= 11 is 17.9. The Morgan fingerprint density at radius 1 is 1.13 bits per heavy atom. The van der Waals surface area contributed by atoms with E-state index in [1.807, 2.05) is 19.2 Å². The van der Waals surface area contributed by atoms with Crippen LogP contribution >= 0.6 is 34.8 Å². The van der Waals surface area contributed by atoms with Crippen molar-refractivity contribution in [1.82, 2.24) is 30.2 Å². The summed E-state index contributed by atoms with van der Waals surface area (Å²) in [4.78, 5) is 31.9. The van der Waals surface area contributed by atoms with Crippen LogP contribution in [0.5, 0.6) is 0 Å². The summed E-state index contributed by atoms with van der Waals surface area (Å²) in [6.07, 6.45) is 6.07. The molecule has 0 bridgehead atoms. The number of carbonyl (C=O) groups excluding carboxylic acids is 1. The lowest BCUT2D eigenvalue weighted by Crippen LogP contribution is -2.44. The van der Waals surface area contributed by atoms with Gasteiger partial charge in [0.05, 0.1) is 52.8 Å². The molecule has 0 spiro atoms. The van der Waals surface area contributed by atoms with E-state index in [-0.39, 0.29) is 12.1 Å². The van der Waals surface area contributed by atoms with Crippen LogP contribution in [0.15, 0.2) is 36.8 Å². The quantitative estimate of drug-likeness (QED) is 0.591. The Morgan fingerprint density at radius 3 is 2.71 bits per heavy atom. The van der Waals surface area contributed by atoms with E-state index in [4.69, 9.17) is 34.8 Å². The number of carbonyl (C=O) groups is 1. The molecule has 1 N–H and O–H groups in total. The van der Waals surface area contributed by atoms with Crippen LogP contribution in [0.4, 0.5) is 4.79 Å². The number of aromatic nitrogens is 4. The van der Waals surface area contributed by atoms with Crippen LogP contribution in [0.25, 0.3) is 0 Å². The van der Waals surface area contributed by atoms with Crippen LogP contribution in [0.2, 0.25) is 15.2 Å². The van der Waals surface area contributed by atoms with Crippen LogP contribution in [0.3, 0.4) is 0 Å². The molecule has 10 heteroatoms. The number of urea groups is 1. The monoisotopic (exact) mass is 476 g/mol. The summed E-state index contributed by atoms with van der Waals surface area (Å²) in [5.41, 5.74) is 3.50. The maximum Gasteiger partial charge on any atom is 0.318 e. The maximum atomic E-state index is 12.8. The molecule has 0 unspecified atom stereocenters. The number of amides is 2. The molecular formula is C21H19Cl3N6O. The summed E-state index contributed by atoms with van der Waals surface area (Å²) < 4.78 is 0. The molecule has 2 aromatic heterocycles. The summed E-state index contributed by atoms with van der Waals surface area (Å²) in [6.45, 7) is 2.91. The third-order valence-corrected chi connectivity index (χ3v) is 6.01. The second-order valence-electron chi connectivity index (χ2n) is 7.28. The predicted octanol–water partition coefficient (Wildman–Crippen LogP) is 4.65.